The van der Waals surface area contributed by atoms with Gasteiger partial charge in [0.05, 0.1) is 0 Å². The maximum atomic E-state index is 2.24. The summed E-state index contributed by atoms with van der Waals surface area (Å²) in [6, 6.07) is 8.84. The van der Waals surface area contributed by atoms with Gasteiger partial charge in [-0.15, -0.1) is 0 Å². The minimum absolute atomic E-state index is 0.233. The van der Waals surface area contributed by atoms with Gasteiger partial charge in [0.15, 0.2) is 0 Å². The van der Waals surface area contributed by atoms with E-state index in [1.54, 1.807) is 0 Å². The number of allylic oxidation sites excluding steroid dienone is 3. The highest BCUT2D eigenvalue weighted by Crippen LogP contribution is 2.22. The summed E-state index contributed by atoms with van der Waals surface area (Å²) >= 11 is 0. The molecule has 0 aliphatic carbocycles. The standard InChI is InChI=1S/C17H24/c1-13(2)11-14(3)12-15-7-9-16(10-8-15)17(4,5)6/h7-12H,1-6H3. The molecule has 0 saturated carbocycles. The second-order valence-corrected chi connectivity index (χ2v) is 5.98. The third kappa shape index (κ3) is 4.60. The summed E-state index contributed by atoms with van der Waals surface area (Å²) < 4.78 is 0. The van der Waals surface area contributed by atoms with E-state index in [0.29, 0.717) is 0 Å². The third-order valence-electron chi connectivity index (χ3n) is 2.69. The lowest BCUT2D eigenvalue weighted by Crippen LogP contribution is -2.10. The second kappa shape index (κ2) is 5.35. The second-order valence-electron chi connectivity index (χ2n) is 5.98. The van der Waals surface area contributed by atoms with Crippen molar-refractivity contribution < 1.29 is 0 Å². The molecule has 0 aromatic heterocycles. The summed E-state index contributed by atoms with van der Waals surface area (Å²) in [5, 5.41) is 0. The smallest absolute Gasteiger partial charge is 0.0132 e. The van der Waals surface area contributed by atoms with E-state index in [2.05, 4.69) is 78.0 Å². The van der Waals surface area contributed by atoms with Gasteiger partial charge in [0.2, 0.25) is 0 Å². The van der Waals surface area contributed by atoms with Crippen LogP contribution in [0.2, 0.25) is 0 Å². The minimum atomic E-state index is 0.233. The van der Waals surface area contributed by atoms with E-state index in [0.717, 1.165) is 0 Å². The Bertz CT molecular complexity index is 418. The van der Waals surface area contributed by atoms with Crippen LogP contribution in [0.25, 0.3) is 6.08 Å². The van der Waals surface area contributed by atoms with E-state index >= 15 is 0 Å². The fourth-order valence-electron chi connectivity index (χ4n) is 1.84. The van der Waals surface area contributed by atoms with Gasteiger partial charge in [0.25, 0.3) is 0 Å². The van der Waals surface area contributed by atoms with Crippen molar-refractivity contribution in [2.75, 3.05) is 0 Å². The van der Waals surface area contributed by atoms with Gasteiger partial charge in [-0.3, -0.25) is 0 Å². The Morgan fingerprint density at radius 1 is 0.941 bits per heavy atom. The number of rotatable bonds is 2. The van der Waals surface area contributed by atoms with Crippen molar-refractivity contribution in [2.45, 2.75) is 47.0 Å². The van der Waals surface area contributed by atoms with Crippen LogP contribution in [-0.2, 0) is 5.41 Å². The molecule has 0 fully saturated rings. The Kier molecular flexibility index (Phi) is 4.34. The summed E-state index contributed by atoms with van der Waals surface area (Å²) in [6.45, 7) is 13.1. The predicted octanol–water partition coefficient (Wildman–Crippen LogP) is 5.35. The summed E-state index contributed by atoms with van der Waals surface area (Å²) in [5.41, 5.74) is 5.53. The van der Waals surface area contributed by atoms with Gasteiger partial charge in [-0.1, -0.05) is 68.3 Å². The van der Waals surface area contributed by atoms with Crippen LogP contribution in [0.15, 0.2) is 41.5 Å². The quantitative estimate of drug-likeness (QED) is 0.598. The zero-order valence-electron chi connectivity index (χ0n) is 12.0. The largest absolute Gasteiger partial charge is 0.0762 e. The third-order valence-corrected chi connectivity index (χ3v) is 2.69. The summed E-state index contributed by atoms with van der Waals surface area (Å²) in [7, 11) is 0. The molecule has 0 spiro atoms. The number of hydrogen-bond donors (Lipinski definition) is 0. The van der Waals surface area contributed by atoms with Crippen molar-refractivity contribution >= 4 is 6.08 Å². The molecule has 1 aromatic carbocycles. The fourth-order valence-corrected chi connectivity index (χ4v) is 1.84. The molecule has 0 nitrogen and oxygen atoms in total. The lowest BCUT2D eigenvalue weighted by molar-refractivity contribution is 0.590. The highest BCUT2D eigenvalue weighted by Gasteiger charge is 2.12. The average molecular weight is 228 g/mol. The van der Waals surface area contributed by atoms with Gasteiger partial charge in [0, 0.05) is 0 Å². The van der Waals surface area contributed by atoms with Crippen LogP contribution in [0, 0.1) is 0 Å². The van der Waals surface area contributed by atoms with E-state index < -0.39 is 0 Å². The van der Waals surface area contributed by atoms with Gasteiger partial charge in [-0.25, -0.2) is 0 Å². The van der Waals surface area contributed by atoms with E-state index in [1.165, 1.54) is 22.3 Å². The van der Waals surface area contributed by atoms with Gasteiger partial charge < -0.3 is 0 Å². The van der Waals surface area contributed by atoms with Gasteiger partial charge >= 0.3 is 0 Å². The first kappa shape index (κ1) is 13.8. The predicted molar refractivity (Wildman–Crippen MR) is 78.2 cm³/mol. The lowest BCUT2D eigenvalue weighted by Gasteiger charge is -2.18. The Hall–Kier alpha value is -1.30. The molecule has 0 unspecified atom stereocenters. The highest BCUT2D eigenvalue weighted by molar-refractivity contribution is 5.56. The van der Waals surface area contributed by atoms with Crippen LogP contribution in [0.1, 0.15) is 52.7 Å². The normalized spacial score (nSPS) is 12.5. The Balaban J connectivity index is 2.93. The molecule has 0 radical (unpaired) electrons. The molecule has 0 amide bonds. The van der Waals surface area contributed by atoms with Crippen molar-refractivity contribution in [3.63, 3.8) is 0 Å². The van der Waals surface area contributed by atoms with Crippen molar-refractivity contribution in [1.82, 2.24) is 0 Å². The monoisotopic (exact) mass is 228 g/mol. The molecule has 0 heterocycles. The average Bonchev–Trinajstić information content (AvgIpc) is 2.15. The van der Waals surface area contributed by atoms with E-state index in [9.17, 15) is 0 Å². The maximum absolute atomic E-state index is 2.24. The maximum Gasteiger partial charge on any atom is -0.0132 e. The molecular formula is C17H24. The van der Waals surface area contributed by atoms with Crippen LogP contribution in [0.5, 0.6) is 0 Å². The first-order chi connectivity index (χ1) is 7.79. The molecule has 1 rings (SSSR count). The number of benzene rings is 1. The lowest BCUT2D eigenvalue weighted by atomic mass is 9.86. The first-order valence-electron chi connectivity index (χ1n) is 6.23. The molecular weight excluding hydrogens is 204 g/mol. The van der Waals surface area contributed by atoms with Crippen LogP contribution >= 0.6 is 0 Å². The number of hydrogen-bond acceptors (Lipinski definition) is 0. The molecule has 0 bridgehead atoms. The van der Waals surface area contributed by atoms with Crippen LogP contribution in [0.4, 0.5) is 0 Å². The van der Waals surface area contributed by atoms with Gasteiger partial charge in [-0.2, -0.15) is 0 Å². The molecule has 0 aliphatic heterocycles. The fraction of sp³-hybridized carbons (Fsp3) is 0.412. The molecule has 0 N–H and O–H groups in total. The Morgan fingerprint density at radius 2 is 1.47 bits per heavy atom. The topological polar surface area (TPSA) is 0 Å². The van der Waals surface area contributed by atoms with Crippen LogP contribution in [0.3, 0.4) is 0 Å². The van der Waals surface area contributed by atoms with E-state index in [1.807, 2.05) is 0 Å². The first-order valence-corrected chi connectivity index (χ1v) is 6.23. The van der Waals surface area contributed by atoms with Crippen molar-refractivity contribution in [2.24, 2.45) is 0 Å². The molecule has 92 valence electrons. The SMILES string of the molecule is CC(C)=CC(C)=Cc1ccc(C(C)(C)C)cc1. The molecule has 0 saturated heterocycles. The Labute approximate surface area is 106 Å². The molecule has 1 aromatic rings. The summed E-state index contributed by atoms with van der Waals surface area (Å²) in [6.07, 6.45) is 4.43. The molecule has 0 aliphatic rings. The summed E-state index contributed by atoms with van der Waals surface area (Å²) in [5.74, 6) is 0. The van der Waals surface area contributed by atoms with Gasteiger partial charge in [-0.05, 0) is 37.3 Å². The van der Waals surface area contributed by atoms with E-state index in [-0.39, 0.29) is 5.41 Å². The highest BCUT2D eigenvalue weighted by atomic mass is 14.2. The van der Waals surface area contributed by atoms with Crippen LogP contribution in [-0.4, -0.2) is 0 Å². The van der Waals surface area contributed by atoms with Crippen LogP contribution < -0.4 is 0 Å². The summed E-state index contributed by atoms with van der Waals surface area (Å²) in [4.78, 5) is 0. The van der Waals surface area contributed by atoms with Crippen molar-refractivity contribution in [1.29, 1.82) is 0 Å². The minimum Gasteiger partial charge on any atom is -0.0762 e. The zero-order valence-corrected chi connectivity index (χ0v) is 12.0. The molecule has 17 heavy (non-hydrogen) atoms. The zero-order chi connectivity index (χ0) is 13.1. The van der Waals surface area contributed by atoms with Crippen molar-refractivity contribution in [3.05, 3.63) is 52.6 Å². The molecule has 0 heteroatoms. The van der Waals surface area contributed by atoms with Crippen molar-refractivity contribution in [3.8, 4) is 0 Å². The Morgan fingerprint density at radius 3 is 1.88 bits per heavy atom. The molecule has 0 atom stereocenters. The van der Waals surface area contributed by atoms with E-state index in [4.69, 9.17) is 0 Å². The van der Waals surface area contributed by atoms with Gasteiger partial charge in [0.1, 0.15) is 0 Å².